The molecule has 114 heavy (non-hydrogen) atoms. The van der Waals surface area contributed by atoms with Gasteiger partial charge < -0.3 is 103 Å². The van der Waals surface area contributed by atoms with E-state index in [1.807, 2.05) is 12.1 Å². The van der Waals surface area contributed by atoms with Crippen LogP contribution in [0.1, 0.15) is 134 Å². The number of benzene rings is 4. The second-order valence-electron chi connectivity index (χ2n) is 26.9. The first-order valence-electron chi connectivity index (χ1n) is 36.9. The lowest BCUT2D eigenvalue weighted by atomic mass is 9.88. The summed E-state index contributed by atoms with van der Waals surface area (Å²) in [5, 5.41) is 94.8. The van der Waals surface area contributed by atoms with E-state index in [1.54, 1.807) is 78.9 Å². The Morgan fingerprint density at radius 2 is 0.816 bits per heavy atom. The number of Topliss-reactive ketones (excluding diaryl/α,β-unsaturated/α-hetero) is 6. The minimum absolute atomic E-state index is 0.0370. The lowest BCUT2D eigenvalue weighted by Crippen LogP contribution is -2.46. The maximum Gasteiger partial charge on any atom is 0.332 e. The minimum atomic E-state index is -1.36. The molecule has 8 bridgehead atoms. The van der Waals surface area contributed by atoms with Gasteiger partial charge in [0.1, 0.15) is 92.2 Å². The molecule has 2 aliphatic heterocycles. The van der Waals surface area contributed by atoms with Gasteiger partial charge in [0.15, 0.2) is 34.7 Å². The zero-order chi connectivity index (χ0) is 86.1. The molecular formula is C80H109N11O23. The molecule has 4 amide bonds. The van der Waals surface area contributed by atoms with Crippen LogP contribution in [0, 0.1) is 57.7 Å². The number of hydrogen-bond donors (Lipinski definition) is 13. The van der Waals surface area contributed by atoms with Crippen LogP contribution >= 0.6 is 0 Å². The van der Waals surface area contributed by atoms with Crippen molar-refractivity contribution < 1.29 is 112 Å². The Morgan fingerprint density at radius 1 is 0.526 bits per heavy atom. The lowest BCUT2D eigenvalue weighted by molar-refractivity contribution is -0.145. The first-order valence-corrected chi connectivity index (χ1v) is 36.9. The molecule has 0 aliphatic carbocycles. The molecule has 0 fully saturated rings. The summed E-state index contributed by atoms with van der Waals surface area (Å²) in [5.74, 6) is -9.57. The topological polar surface area (TPSA) is 589 Å². The number of hydrogen-bond acceptors (Lipinski definition) is 29. The van der Waals surface area contributed by atoms with Crippen molar-refractivity contribution >= 4 is 70.6 Å². The number of carboxylic acids is 1. The van der Waals surface area contributed by atoms with Gasteiger partial charge in [-0.3, -0.25) is 47.9 Å². The Kier molecular flexibility index (Phi) is 45.1. The zero-order valence-electron chi connectivity index (χ0n) is 65.8. The SMILES string of the molecule is CC(O)C#N.CC(O)C(=O)C[C@@H](CO)C(=O)N(C)[C@@H]1C(=O)C[C@@H](C)C(=O)N[C@H](C(=O)CCC#N)Cc2ccc(OCCN)c(c2)-c2cc1ccc2OCCN.CC(O)C(=O)C[C@@H](CO)C(=O)N(C)[C@@H]1C(=O)C[C@@H](C)C(=O)N[C@H](C(=O)CCC#N)Cc2ccc(OCCN)c(c2)-c2cc1ccc2OCCN.CC(O)C(=O)O.CC=O. The highest BCUT2D eigenvalue weighted by molar-refractivity contribution is 5.99. The van der Waals surface area contributed by atoms with E-state index in [-0.39, 0.29) is 116 Å². The first kappa shape index (κ1) is 99.3. The number of nitrogens with zero attached hydrogens (tertiary/aromatic N) is 5. The number of ether oxygens (including phenoxy) is 4. The third-order valence-corrected chi connectivity index (χ3v) is 17.6. The summed E-state index contributed by atoms with van der Waals surface area (Å²) in [6.45, 7) is 9.68. The summed E-state index contributed by atoms with van der Waals surface area (Å²) in [5.41, 5.74) is 27.0. The second kappa shape index (κ2) is 51.8. The molecule has 6 rings (SSSR count). The largest absolute Gasteiger partial charge is 0.492 e. The van der Waals surface area contributed by atoms with Gasteiger partial charge in [0.2, 0.25) is 23.6 Å². The standard InChI is InChI=1S/2C36H47N5O9.C3H5NO.C3H6O3.C2H4O/c2*1-21-15-31(46)34(41(3)36(48)25(20-42)19-30(45)22(2)43)24-7-9-33(50-14-12-39)27(18-24)26-16-23(6-8-32(26)49-13-11-38)17-28(40-35(21)47)29(44)5-4-10-37;1-3(5)2-4;1-2(4)3(5)6;1-2-3/h2*6-9,16,18,21-22,25,28,34,42-43H,4-5,11-15,17,19-20,38-39H2,1-3H3,(H,40,47);3,5H,1H3;2,4H,1H3,(H,5,6);2H,1H3/t2*21-,22?,25+,28+,34+;;;/m11.../s1. The summed E-state index contributed by atoms with van der Waals surface area (Å²) in [6.07, 6.45) is -5.65. The summed E-state index contributed by atoms with van der Waals surface area (Å²) in [7, 11) is 2.74. The molecule has 12 atom stereocenters. The number of likely N-dealkylation sites (N-methyl/N-ethyl adjacent to an activating group) is 2. The fraction of sp³-hybridized carbons (Fsp3) is 0.512. The van der Waals surface area contributed by atoms with E-state index in [2.05, 4.69) is 10.6 Å². The molecule has 622 valence electrons. The van der Waals surface area contributed by atoms with Crippen LogP contribution in [0.3, 0.4) is 0 Å². The molecule has 17 N–H and O–H groups in total. The van der Waals surface area contributed by atoms with Crippen molar-refractivity contribution in [3.63, 3.8) is 0 Å². The third kappa shape index (κ3) is 31.6. The number of aliphatic carboxylic acids is 1. The van der Waals surface area contributed by atoms with Crippen molar-refractivity contribution in [1.82, 2.24) is 20.4 Å². The van der Waals surface area contributed by atoms with Gasteiger partial charge >= 0.3 is 5.97 Å². The Balaban J connectivity index is 0.000000662. The van der Waals surface area contributed by atoms with Crippen LogP contribution in [-0.4, -0.2) is 233 Å². The van der Waals surface area contributed by atoms with Crippen molar-refractivity contribution in [2.24, 2.45) is 46.6 Å². The van der Waals surface area contributed by atoms with Crippen molar-refractivity contribution in [3.8, 4) is 63.5 Å². The predicted octanol–water partition coefficient (Wildman–Crippen LogP) is 1.52. The number of nitriles is 3. The Hall–Kier alpha value is -10.8. The Bertz CT molecular complexity index is 3800. The van der Waals surface area contributed by atoms with E-state index in [0.717, 1.165) is 16.1 Å². The van der Waals surface area contributed by atoms with Crippen molar-refractivity contribution in [2.45, 2.75) is 161 Å². The van der Waals surface area contributed by atoms with Crippen LogP contribution in [0.4, 0.5) is 0 Å². The highest BCUT2D eigenvalue weighted by Crippen LogP contribution is 2.43. The molecule has 0 spiro atoms. The van der Waals surface area contributed by atoms with Gasteiger partial charge in [-0.1, -0.05) is 38.1 Å². The molecule has 0 saturated heterocycles. The number of rotatable bonds is 31. The van der Waals surface area contributed by atoms with Crippen LogP contribution in [0.25, 0.3) is 22.3 Å². The van der Waals surface area contributed by atoms with Crippen LogP contribution in [-0.2, 0) is 70.4 Å². The minimum Gasteiger partial charge on any atom is -0.492 e. The first-order chi connectivity index (χ1) is 54.0. The molecule has 4 unspecified atom stereocenters. The highest BCUT2D eigenvalue weighted by Gasteiger charge is 2.39. The molecule has 4 aromatic carbocycles. The van der Waals surface area contributed by atoms with Gasteiger partial charge in [-0.05, 0) is 118 Å². The number of aldehydes is 1. The van der Waals surface area contributed by atoms with Gasteiger partial charge in [0, 0.05) is 126 Å². The molecule has 2 heterocycles. The van der Waals surface area contributed by atoms with Gasteiger partial charge in [0.25, 0.3) is 0 Å². The number of nitrogens with two attached hydrogens (primary N) is 4. The second-order valence-corrected chi connectivity index (χ2v) is 26.9. The van der Waals surface area contributed by atoms with Crippen LogP contribution in [0.15, 0.2) is 72.8 Å². The van der Waals surface area contributed by atoms with E-state index < -0.39 is 151 Å². The quantitative estimate of drug-likeness (QED) is 0.0251. The van der Waals surface area contributed by atoms with Crippen LogP contribution < -0.4 is 52.5 Å². The molecule has 34 heteroatoms. The summed E-state index contributed by atoms with van der Waals surface area (Å²) < 4.78 is 24.0. The van der Waals surface area contributed by atoms with E-state index in [9.17, 15) is 73.2 Å². The fourth-order valence-corrected chi connectivity index (χ4v) is 11.5. The number of carbonyl (C=O) groups excluding carboxylic acids is 11. The summed E-state index contributed by atoms with van der Waals surface area (Å²) >= 11 is 0. The van der Waals surface area contributed by atoms with Gasteiger partial charge in [0.05, 0.1) is 55.3 Å². The zero-order valence-corrected chi connectivity index (χ0v) is 65.8. The molecular weight excluding hydrogens is 1480 g/mol. The maximum atomic E-state index is 14.2. The monoisotopic (exact) mass is 1590 g/mol. The molecule has 0 aromatic heterocycles. The summed E-state index contributed by atoms with van der Waals surface area (Å²) in [4.78, 5) is 155. The van der Waals surface area contributed by atoms with Gasteiger partial charge in [-0.15, -0.1) is 0 Å². The predicted molar refractivity (Wildman–Crippen MR) is 414 cm³/mol. The Labute approximate surface area is 662 Å². The lowest BCUT2D eigenvalue weighted by Gasteiger charge is -2.32. The molecule has 34 nitrogen and oxygen atoms in total. The molecule has 0 saturated carbocycles. The number of ketones is 6. The molecule has 4 aromatic rings. The number of carboxylic acid groups (broad SMARTS) is 1. The maximum absolute atomic E-state index is 14.2. The van der Waals surface area contributed by atoms with Gasteiger partial charge in [-0.2, -0.15) is 15.8 Å². The average Bonchev–Trinajstić information content (AvgIpc) is 0.783. The number of fused-ring (bicyclic) bond motifs is 10. The molecule has 0 radical (unpaired) electrons. The van der Waals surface area contributed by atoms with Crippen molar-refractivity contribution in [1.29, 1.82) is 15.8 Å². The molecule has 2 aliphatic rings. The number of aliphatic hydroxyl groups excluding tert-OH is 6. The fourth-order valence-electron chi connectivity index (χ4n) is 11.5. The number of nitrogens with one attached hydrogen (secondary N) is 2. The van der Waals surface area contributed by atoms with Crippen molar-refractivity contribution in [2.75, 3.05) is 79.9 Å². The number of amides is 4. The normalized spacial score (nSPS) is 18.0. The average molecular weight is 1590 g/mol. The smallest absolute Gasteiger partial charge is 0.332 e. The van der Waals surface area contributed by atoms with Crippen LogP contribution in [0.5, 0.6) is 23.0 Å². The summed E-state index contributed by atoms with van der Waals surface area (Å²) in [6, 6.07) is 21.2. The Morgan fingerprint density at radius 3 is 1.07 bits per heavy atom. The van der Waals surface area contributed by atoms with E-state index in [4.69, 9.17) is 77.8 Å². The van der Waals surface area contributed by atoms with Gasteiger partial charge in [-0.25, -0.2) is 4.79 Å². The van der Waals surface area contributed by atoms with Crippen LogP contribution in [0.2, 0.25) is 0 Å². The van der Waals surface area contributed by atoms with E-state index in [0.29, 0.717) is 67.5 Å². The number of carbonyl (C=O) groups is 12. The van der Waals surface area contributed by atoms with Crippen molar-refractivity contribution in [3.05, 3.63) is 95.1 Å². The number of aliphatic hydroxyl groups is 6. The highest BCUT2D eigenvalue weighted by atomic mass is 16.5. The van der Waals surface area contributed by atoms with E-state index in [1.165, 1.54) is 62.6 Å². The third-order valence-electron chi connectivity index (χ3n) is 17.6. The van der Waals surface area contributed by atoms with E-state index >= 15 is 0 Å².